The van der Waals surface area contributed by atoms with Gasteiger partial charge in [-0.25, -0.2) is 9.78 Å². The predicted octanol–water partition coefficient (Wildman–Crippen LogP) is 4.16. The smallest absolute Gasteiger partial charge is 0.410 e. The Hall–Kier alpha value is -1.52. The lowest BCUT2D eigenvalue weighted by Gasteiger charge is -2.33. The number of carbonyl (C=O) groups is 1. The van der Waals surface area contributed by atoms with E-state index in [9.17, 15) is 4.79 Å². The van der Waals surface area contributed by atoms with Crippen molar-refractivity contribution in [3.8, 4) is 0 Å². The van der Waals surface area contributed by atoms with Crippen LogP contribution < -0.4 is 0 Å². The molecule has 1 fully saturated rings. The first-order valence-corrected chi connectivity index (χ1v) is 8.48. The van der Waals surface area contributed by atoms with Crippen LogP contribution in [0.4, 0.5) is 4.79 Å². The van der Waals surface area contributed by atoms with Gasteiger partial charge in [0, 0.05) is 24.9 Å². The molecule has 130 valence electrons. The van der Waals surface area contributed by atoms with Crippen molar-refractivity contribution in [1.82, 2.24) is 9.88 Å². The number of carbonyl (C=O) groups excluding carboxylic acids is 1. The molecule has 0 spiro atoms. The van der Waals surface area contributed by atoms with Gasteiger partial charge >= 0.3 is 6.09 Å². The number of rotatable bonds is 2. The van der Waals surface area contributed by atoms with E-state index in [1.54, 1.807) is 4.90 Å². The van der Waals surface area contributed by atoms with Crippen LogP contribution in [0.15, 0.2) is 10.6 Å². The van der Waals surface area contributed by atoms with Crippen molar-refractivity contribution in [3.63, 3.8) is 0 Å². The van der Waals surface area contributed by atoms with E-state index in [-0.39, 0.29) is 11.5 Å². The Bertz CT molecular complexity index is 529. The summed E-state index contributed by atoms with van der Waals surface area (Å²) in [6.45, 7) is 13.5. The Kier molecular flexibility index (Phi) is 5.07. The summed E-state index contributed by atoms with van der Waals surface area (Å²) in [4.78, 5) is 18.3. The van der Waals surface area contributed by atoms with Gasteiger partial charge < -0.3 is 14.1 Å². The van der Waals surface area contributed by atoms with Gasteiger partial charge in [-0.3, -0.25) is 0 Å². The van der Waals surface area contributed by atoms with Gasteiger partial charge in [0.15, 0.2) is 5.89 Å². The van der Waals surface area contributed by atoms with Gasteiger partial charge in [0.25, 0.3) is 0 Å². The molecule has 1 aromatic heterocycles. The summed E-state index contributed by atoms with van der Waals surface area (Å²) >= 11 is 0. The zero-order chi connectivity index (χ0) is 17.3. The minimum atomic E-state index is -0.435. The largest absolute Gasteiger partial charge is 0.445 e. The molecule has 2 heterocycles. The number of ether oxygens (including phenoxy) is 1. The maximum absolute atomic E-state index is 12.1. The molecule has 0 aliphatic carbocycles. The van der Waals surface area contributed by atoms with Crippen molar-refractivity contribution in [3.05, 3.63) is 17.8 Å². The standard InChI is InChI=1S/C18H30N2O3/c1-17(2,3)14-12-19-15(22-14)11-13-7-9-20(10-8-13)16(21)23-18(4,5)6/h12-13H,7-11H2,1-6H3. The second-order valence-corrected chi connectivity index (χ2v) is 8.48. The van der Waals surface area contributed by atoms with Crippen LogP contribution in [0.25, 0.3) is 0 Å². The summed E-state index contributed by atoms with van der Waals surface area (Å²) < 4.78 is 11.3. The summed E-state index contributed by atoms with van der Waals surface area (Å²) in [7, 11) is 0. The van der Waals surface area contributed by atoms with Crippen molar-refractivity contribution < 1.29 is 13.9 Å². The summed E-state index contributed by atoms with van der Waals surface area (Å²) in [6, 6.07) is 0. The van der Waals surface area contributed by atoms with Crippen LogP contribution in [-0.4, -0.2) is 34.7 Å². The molecule has 0 radical (unpaired) electrons. The zero-order valence-electron chi connectivity index (χ0n) is 15.3. The van der Waals surface area contributed by atoms with E-state index in [1.807, 2.05) is 27.0 Å². The molecule has 1 aromatic rings. The van der Waals surface area contributed by atoms with Crippen LogP contribution in [0, 0.1) is 5.92 Å². The minimum Gasteiger partial charge on any atom is -0.445 e. The molecular formula is C18H30N2O3. The fourth-order valence-electron chi connectivity index (χ4n) is 2.64. The second kappa shape index (κ2) is 6.54. The Morgan fingerprint density at radius 1 is 1.26 bits per heavy atom. The van der Waals surface area contributed by atoms with E-state index in [0.29, 0.717) is 5.92 Å². The number of piperidine rings is 1. The van der Waals surface area contributed by atoms with Crippen molar-refractivity contribution >= 4 is 6.09 Å². The summed E-state index contributed by atoms with van der Waals surface area (Å²) in [5.41, 5.74) is -0.444. The molecule has 1 amide bonds. The molecule has 2 rings (SSSR count). The van der Waals surface area contributed by atoms with Crippen molar-refractivity contribution in [1.29, 1.82) is 0 Å². The second-order valence-electron chi connectivity index (χ2n) is 8.48. The lowest BCUT2D eigenvalue weighted by Crippen LogP contribution is -2.42. The van der Waals surface area contributed by atoms with Gasteiger partial charge in [-0.2, -0.15) is 0 Å². The number of likely N-dealkylation sites (tertiary alicyclic amines) is 1. The number of nitrogens with zero attached hydrogens (tertiary/aromatic N) is 2. The Morgan fingerprint density at radius 3 is 2.35 bits per heavy atom. The first-order chi connectivity index (χ1) is 10.5. The van der Waals surface area contributed by atoms with E-state index in [2.05, 4.69) is 25.8 Å². The maximum atomic E-state index is 12.1. The number of hydrogen-bond donors (Lipinski definition) is 0. The molecule has 23 heavy (non-hydrogen) atoms. The molecule has 0 atom stereocenters. The van der Waals surface area contributed by atoms with E-state index >= 15 is 0 Å². The van der Waals surface area contributed by atoms with Crippen LogP contribution in [-0.2, 0) is 16.6 Å². The fraction of sp³-hybridized carbons (Fsp3) is 0.778. The minimum absolute atomic E-state index is 0.00860. The third kappa shape index (κ3) is 5.26. The van der Waals surface area contributed by atoms with Gasteiger partial charge in [-0.05, 0) is 39.5 Å². The molecular weight excluding hydrogens is 292 g/mol. The number of hydrogen-bond acceptors (Lipinski definition) is 4. The lowest BCUT2D eigenvalue weighted by atomic mass is 9.93. The predicted molar refractivity (Wildman–Crippen MR) is 89.4 cm³/mol. The maximum Gasteiger partial charge on any atom is 0.410 e. The van der Waals surface area contributed by atoms with Crippen LogP contribution in [0.2, 0.25) is 0 Å². The molecule has 0 N–H and O–H groups in total. The van der Waals surface area contributed by atoms with E-state index < -0.39 is 5.60 Å². The van der Waals surface area contributed by atoms with E-state index in [4.69, 9.17) is 9.15 Å². The highest BCUT2D eigenvalue weighted by molar-refractivity contribution is 5.68. The van der Waals surface area contributed by atoms with Gasteiger partial charge in [0.1, 0.15) is 11.4 Å². The van der Waals surface area contributed by atoms with E-state index in [1.165, 1.54) is 0 Å². The molecule has 5 nitrogen and oxygen atoms in total. The molecule has 1 saturated heterocycles. The third-order valence-electron chi connectivity index (χ3n) is 4.02. The number of amides is 1. The molecule has 5 heteroatoms. The quantitative estimate of drug-likeness (QED) is 0.820. The highest BCUT2D eigenvalue weighted by Gasteiger charge is 2.28. The lowest BCUT2D eigenvalue weighted by molar-refractivity contribution is 0.0182. The van der Waals surface area contributed by atoms with Crippen LogP contribution in [0.5, 0.6) is 0 Å². The highest BCUT2D eigenvalue weighted by atomic mass is 16.6. The Balaban J connectivity index is 1.83. The molecule has 1 aliphatic heterocycles. The third-order valence-corrected chi connectivity index (χ3v) is 4.02. The fourth-order valence-corrected chi connectivity index (χ4v) is 2.64. The zero-order valence-corrected chi connectivity index (χ0v) is 15.3. The van der Waals surface area contributed by atoms with Crippen molar-refractivity contribution in [2.24, 2.45) is 5.92 Å². The van der Waals surface area contributed by atoms with Crippen molar-refractivity contribution in [2.75, 3.05) is 13.1 Å². The van der Waals surface area contributed by atoms with Gasteiger partial charge in [0.05, 0.1) is 6.20 Å². The van der Waals surface area contributed by atoms with E-state index in [0.717, 1.165) is 44.0 Å². The first-order valence-electron chi connectivity index (χ1n) is 8.48. The summed E-state index contributed by atoms with van der Waals surface area (Å²) in [5.74, 6) is 2.25. The average Bonchev–Trinajstić information content (AvgIpc) is 2.86. The normalized spacial score (nSPS) is 17.4. The number of aromatic nitrogens is 1. The number of oxazole rings is 1. The molecule has 0 aromatic carbocycles. The first kappa shape index (κ1) is 17.8. The highest BCUT2D eigenvalue weighted by Crippen LogP contribution is 2.26. The average molecular weight is 322 g/mol. The van der Waals surface area contributed by atoms with Gasteiger partial charge in [-0.1, -0.05) is 20.8 Å². The molecule has 0 unspecified atom stereocenters. The molecule has 1 aliphatic rings. The Morgan fingerprint density at radius 2 is 1.87 bits per heavy atom. The molecule has 0 saturated carbocycles. The van der Waals surface area contributed by atoms with Crippen LogP contribution in [0.3, 0.4) is 0 Å². The SMILES string of the molecule is CC(C)(C)OC(=O)N1CCC(Cc2ncc(C(C)(C)C)o2)CC1. The monoisotopic (exact) mass is 322 g/mol. The van der Waals surface area contributed by atoms with Crippen LogP contribution in [0.1, 0.15) is 66.0 Å². The van der Waals surface area contributed by atoms with Gasteiger partial charge in [0.2, 0.25) is 0 Å². The van der Waals surface area contributed by atoms with Crippen LogP contribution >= 0.6 is 0 Å². The Labute approximate surface area is 139 Å². The summed E-state index contributed by atoms with van der Waals surface area (Å²) in [5, 5.41) is 0. The summed E-state index contributed by atoms with van der Waals surface area (Å²) in [6.07, 6.45) is 4.41. The van der Waals surface area contributed by atoms with Gasteiger partial charge in [-0.15, -0.1) is 0 Å². The molecule has 0 bridgehead atoms. The topological polar surface area (TPSA) is 55.6 Å². The van der Waals surface area contributed by atoms with Crippen molar-refractivity contribution in [2.45, 2.75) is 71.8 Å².